The third kappa shape index (κ3) is 0.750. The Morgan fingerprint density at radius 3 is 2.38 bits per heavy atom. The van der Waals surface area contributed by atoms with Crippen molar-refractivity contribution >= 4 is 0 Å². The van der Waals surface area contributed by atoms with Crippen molar-refractivity contribution in [3.05, 3.63) is 16.7 Å². The Morgan fingerprint density at radius 2 is 2.00 bits per heavy atom. The maximum absolute atomic E-state index is 9.95. The summed E-state index contributed by atoms with van der Waals surface area (Å²) < 4.78 is 0. The molecule has 1 aromatic heterocycles. The van der Waals surface area contributed by atoms with Crippen molar-refractivity contribution in [1.82, 2.24) is 15.5 Å². The molecular weight excluding hydrogens is 114 g/mol. The third-order valence-corrected chi connectivity index (χ3v) is 0.454. The van der Waals surface area contributed by atoms with Crippen LogP contribution in [0.5, 0.6) is 0 Å². The van der Waals surface area contributed by atoms with Crippen LogP contribution >= 0.6 is 0 Å². The molecule has 0 unspecified atom stereocenters. The molecule has 42 valence electrons. The van der Waals surface area contributed by atoms with Crippen molar-refractivity contribution in [3.63, 3.8) is 0 Å². The second-order valence-corrected chi connectivity index (χ2v) is 0.965. The summed E-state index contributed by atoms with van der Waals surface area (Å²) in [5.41, 5.74) is 0. The van der Waals surface area contributed by atoms with Gasteiger partial charge < -0.3 is 10.4 Å². The molecule has 0 saturated heterocycles. The highest BCUT2D eigenvalue weighted by atomic mass is 16.5. The van der Waals surface area contributed by atoms with Crippen LogP contribution in [0.2, 0.25) is 0 Å². The first kappa shape index (κ1) is 4.62. The van der Waals surface area contributed by atoms with Crippen LogP contribution < -0.4 is 9.80 Å². The van der Waals surface area contributed by atoms with E-state index in [9.17, 15) is 10.4 Å². The lowest BCUT2D eigenvalue weighted by molar-refractivity contribution is -0.798. The predicted molar refractivity (Wildman–Crippen MR) is 17.7 cm³/mol. The number of hydrogen-bond acceptors (Lipinski definition) is 5. The van der Waals surface area contributed by atoms with E-state index < -0.39 is 0 Å². The largest absolute Gasteiger partial charge is 0.703 e. The highest BCUT2D eigenvalue weighted by Crippen LogP contribution is 1.40. The number of hydrogen-bond donors (Lipinski definition) is 0. The molecule has 7 nitrogen and oxygen atoms in total. The topological polar surface area (TPSA) is 92.5 Å². The second-order valence-electron chi connectivity index (χ2n) is 0.965. The van der Waals surface area contributed by atoms with Gasteiger partial charge in [-0.15, -0.1) is 0 Å². The van der Waals surface area contributed by atoms with Gasteiger partial charge in [0, 0.05) is 0 Å². The zero-order valence-electron chi connectivity index (χ0n) is 3.63. The molecule has 0 fully saturated rings. The summed E-state index contributed by atoms with van der Waals surface area (Å²) >= 11 is 0. The van der Waals surface area contributed by atoms with Crippen LogP contribution in [0.3, 0.4) is 0 Å². The summed E-state index contributed by atoms with van der Waals surface area (Å²) in [6, 6.07) is 0. The SMILES string of the molecule is [O-][n+]1cn[n+]([O-])nn1. The van der Waals surface area contributed by atoms with Crippen LogP contribution in [0.15, 0.2) is 6.33 Å². The van der Waals surface area contributed by atoms with E-state index in [0.29, 0.717) is 6.33 Å². The van der Waals surface area contributed by atoms with E-state index in [1.165, 1.54) is 0 Å². The van der Waals surface area contributed by atoms with Crippen molar-refractivity contribution in [2.24, 2.45) is 0 Å². The standard InChI is InChI=1S/CHN5O2/c7-5-1-2-6(8)4-3-5/h1H. The molecule has 0 aliphatic rings. The molecule has 0 aliphatic heterocycles. The molecule has 0 amide bonds. The second kappa shape index (κ2) is 1.52. The molecule has 0 radical (unpaired) electrons. The summed E-state index contributed by atoms with van der Waals surface area (Å²) in [7, 11) is 0. The maximum atomic E-state index is 9.95. The van der Waals surface area contributed by atoms with Gasteiger partial charge in [0.05, 0.1) is 0 Å². The van der Waals surface area contributed by atoms with Crippen molar-refractivity contribution < 1.29 is 9.80 Å². The molecule has 1 heterocycles. The molecule has 7 heteroatoms. The van der Waals surface area contributed by atoms with Gasteiger partial charge in [-0.2, -0.15) is 0 Å². The highest BCUT2D eigenvalue weighted by Gasteiger charge is 1.97. The molecule has 1 aromatic rings. The summed E-state index contributed by atoms with van der Waals surface area (Å²) in [6.07, 6.45) is 0.708. The lowest BCUT2D eigenvalue weighted by atomic mass is 11.4. The van der Waals surface area contributed by atoms with Gasteiger partial charge in [-0.25, -0.2) is 0 Å². The van der Waals surface area contributed by atoms with Crippen molar-refractivity contribution in [2.75, 3.05) is 0 Å². The minimum Gasteiger partial charge on any atom is -0.703 e. The van der Waals surface area contributed by atoms with Crippen molar-refractivity contribution in [2.45, 2.75) is 0 Å². The summed E-state index contributed by atoms with van der Waals surface area (Å²) in [5.74, 6) is 0. The number of aromatic nitrogens is 5. The van der Waals surface area contributed by atoms with E-state index >= 15 is 0 Å². The van der Waals surface area contributed by atoms with E-state index in [4.69, 9.17) is 0 Å². The molecule has 0 saturated carbocycles. The maximum Gasteiger partial charge on any atom is 0.356 e. The van der Waals surface area contributed by atoms with Gasteiger partial charge in [0.2, 0.25) is 0 Å². The lowest BCUT2D eigenvalue weighted by Gasteiger charge is -1.85. The lowest BCUT2D eigenvalue weighted by Crippen LogP contribution is -2.46. The van der Waals surface area contributed by atoms with Gasteiger partial charge >= 0.3 is 16.8 Å². The summed E-state index contributed by atoms with van der Waals surface area (Å²) in [5, 5.41) is 28.3. The monoisotopic (exact) mass is 115 g/mol. The first-order valence-corrected chi connectivity index (χ1v) is 1.68. The predicted octanol–water partition coefficient (Wildman–Crippen LogP) is -2.86. The molecular formula is CHN5O2. The summed E-state index contributed by atoms with van der Waals surface area (Å²) in [6.45, 7) is 0. The smallest absolute Gasteiger partial charge is 0.356 e. The Balaban J connectivity index is 3.03. The molecule has 0 spiro atoms. The van der Waals surface area contributed by atoms with Crippen LogP contribution in [0.25, 0.3) is 0 Å². The minimum atomic E-state index is -0.0611. The van der Waals surface area contributed by atoms with Gasteiger partial charge in [-0.1, -0.05) is 0 Å². The molecule has 0 aliphatic carbocycles. The van der Waals surface area contributed by atoms with E-state index in [2.05, 4.69) is 15.5 Å². The zero-order chi connectivity index (χ0) is 5.98. The Hall–Kier alpha value is -1.53. The third-order valence-electron chi connectivity index (χ3n) is 0.454. The zero-order valence-corrected chi connectivity index (χ0v) is 3.63. The molecule has 1 rings (SSSR count). The van der Waals surface area contributed by atoms with E-state index in [1.54, 1.807) is 0 Å². The van der Waals surface area contributed by atoms with E-state index in [1.807, 2.05) is 0 Å². The molecule has 0 aromatic carbocycles. The van der Waals surface area contributed by atoms with Gasteiger partial charge in [-0.3, -0.25) is 0 Å². The van der Waals surface area contributed by atoms with Gasteiger partial charge in [-0.05, 0) is 4.85 Å². The Labute approximate surface area is 43.3 Å². The molecule has 0 N–H and O–H groups in total. The van der Waals surface area contributed by atoms with Crippen LogP contribution in [-0.2, 0) is 0 Å². The quantitative estimate of drug-likeness (QED) is 0.268. The molecule has 8 heavy (non-hydrogen) atoms. The Bertz CT molecular complexity index is 149. The fraction of sp³-hybridized carbons (Fsp3) is 0. The minimum absolute atomic E-state index is 0.0611. The number of nitrogens with zero attached hydrogens (tertiary/aromatic N) is 5. The normalized spacial score (nSPS) is 9.00. The fourth-order valence-corrected chi connectivity index (χ4v) is 0.208. The van der Waals surface area contributed by atoms with E-state index in [-0.39, 0.29) is 9.80 Å². The van der Waals surface area contributed by atoms with Gasteiger partial charge in [0.15, 0.2) is 0 Å². The first-order chi connectivity index (χ1) is 3.79. The Kier molecular flexibility index (Phi) is 0.881. The van der Waals surface area contributed by atoms with Crippen LogP contribution in [-0.4, -0.2) is 15.5 Å². The van der Waals surface area contributed by atoms with Gasteiger partial charge in [0.1, 0.15) is 10.1 Å². The van der Waals surface area contributed by atoms with Crippen LogP contribution in [0.4, 0.5) is 0 Å². The van der Waals surface area contributed by atoms with Crippen molar-refractivity contribution in [3.8, 4) is 0 Å². The molecule has 0 bridgehead atoms. The highest BCUT2D eigenvalue weighted by molar-refractivity contribution is 4.09. The first-order valence-electron chi connectivity index (χ1n) is 1.68. The van der Waals surface area contributed by atoms with Crippen LogP contribution in [0, 0.1) is 10.4 Å². The average Bonchev–Trinajstić information content (AvgIpc) is 1.77. The Morgan fingerprint density at radius 1 is 1.25 bits per heavy atom. The molecule has 0 atom stereocenters. The average molecular weight is 115 g/mol. The fourth-order valence-electron chi connectivity index (χ4n) is 0.208. The summed E-state index contributed by atoms with van der Waals surface area (Å²) in [4.78, 5) is 0.0167. The van der Waals surface area contributed by atoms with Gasteiger partial charge in [0.25, 0.3) is 0 Å². The van der Waals surface area contributed by atoms with Crippen LogP contribution in [0.1, 0.15) is 0 Å². The number of rotatable bonds is 0. The van der Waals surface area contributed by atoms with Crippen molar-refractivity contribution in [1.29, 1.82) is 0 Å². The van der Waals surface area contributed by atoms with E-state index in [0.717, 1.165) is 0 Å².